The van der Waals surface area contributed by atoms with Gasteiger partial charge in [-0.3, -0.25) is 8.97 Å². The van der Waals surface area contributed by atoms with Gasteiger partial charge in [-0.05, 0) is 42.8 Å². The normalized spacial score (nSPS) is 14.2. The molecule has 0 unspecified atom stereocenters. The summed E-state index contributed by atoms with van der Waals surface area (Å²) in [6, 6.07) is 14.3. The second-order valence-corrected chi connectivity index (χ2v) is 8.72. The predicted molar refractivity (Wildman–Crippen MR) is 138 cm³/mol. The van der Waals surface area contributed by atoms with Crippen LogP contribution in [0.25, 0.3) is 27.9 Å². The molecule has 1 fully saturated rings. The van der Waals surface area contributed by atoms with Crippen molar-refractivity contribution in [3.8, 4) is 11.3 Å². The monoisotopic (exact) mass is 469 g/mol. The number of aromatic amines is 1. The van der Waals surface area contributed by atoms with Gasteiger partial charge in [-0.2, -0.15) is 0 Å². The molecule has 2 N–H and O–H groups in total. The molecule has 0 saturated carbocycles. The van der Waals surface area contributed by atoms with Gasteiger partial charge < -0.3 is 19.9 Å². The van der Waals surface area contributed by atoms with Crippen molar-refractivity contribution < 1.29 is 4.74 Å². The van der Waals surface area contributed by atoms with Crippen molar-refractivity contribution >= 4 is 33.9 Å². The number of aromatic nitrogens is 5. The van der Waals surface area contributed by atoms with Gasteiger partial charge in [-0.1, -0.05) is 13.0 Å². The molecule has 1 aliphatic rings. The van der Waals surface area contributed by atoms with Crippen molar-refractivity contribution in [2.45, 2.75) is 13.3 Å². The van der Waals surface area contributed by atoms with Gasteiger partial charge in [0.1, 0.15) is 0 Å². The third-order valence-corrected chi connectivity index (χ3v) is 6.66. The van der Waals surface area contributed by atoms with E-state index in [0.717, 1.165) is 72.0 Å². The molecule has 5 aromatic rings. The van der Waals surface area contributed by atoms with Crippen molar-refractivity contribution in [3.05, 3.63) is 71.0 Å². The van der Waals surface area contributed by atoms with Gasteiger partial charge in [0.25, 0.3) is 0 Å². The van der Waals surface area contributed by atoms with Gasteiger partial charge >= 0.3 is 5.69 Å². The van der Waals surface area contributed by atoms with Crippen molar-refractivity contribution in [1.29, 1.82) is 0 Å². The maximum Gasteiger partial charge on any atom is 0.326 e. The highest BCUT2D eigenvalue weighted by molar-refractivity contribution is 5.83. The number of nitrogens with one attached hydrogen (secondary N) is 2. The Bertz CT molecular complexity index is 1570. The number of aryl methyl sites for hydroxylation is 2. The van der Waals surface area contributed by atoms with Crippen LogP contribution < -0.4 is 15.9 Å². The summed E-state index contributed by atoms with van der Waals surface area (Å²) in [6.07, 6.45) is 4.55. The third-order valence-electron chi connectivity index (χ3n) is 6.66. The van der Waals surface area contributed by atoms with Gasteiger partial charge in [0.2, 0.25) is 0 Å². The summed E-state index contributed by atoms with van der Waals surface area (Å²) in [5.74, 6) is 0.683. The molecule has 4 heterocycles. The number of ether oxygens (including phenoxy) is 1. The largest absolute Gasteiger partial charge is 0.378 e. The lowest BCUT2D eigenvalue weighted by Crippen LogP contribution is -2.36. The molecule has 0 atom stereocenters. The Kier molecular flexibility index (Phi) is 5.26. The van der Waals surface area contributed by atoms with Crippen molar-refractivity contribution in [3.63, 3.8) is 0 Å². The Balaban J connectivity index is 1.40. The molecule has 3 aromatic heterocycles. The molecule has 35 heavy (non-hydrogen) atoms. The highest BCUT2D eigenvalue weighted by atomic mass is 16.5. The molecular weight excluding hydrogens is 442 g/mol. The minimum atomic E-state index is -0.131. The zero-order valence-corrected chi connectivity index (χ0v) is 19.8. The van der Waals surface area contributed by atoms with Crippen LogP contribution in [-0.4, -0.2) is 50.2 Å². The summed E-state index contributed by atoms with van der Waals surface area (Å²) >= 11 is 0. The minimum Gasteiger partial charge on any atom is -0.378 e. The zero-order chi connectivity index (χ0) is 23.9. The van der Waals surface area contributed by atoms with E-state index in [1.165, 1.54) is 5.69 Å². The van der Waals surface area contributed by atoms with Crippen LogP contribution in [0, 0.1) is 0 Å². The third kappa shape index (κ3) is 3.74. The first-order valence-electron chi connectivity index (χ1n) is 11.9. The Hall–Kier alpha value is -4.11. The molecule has 0 radical (unpaired) electrons. The standard InChI is InChI=1S/C26H27N7O2/c1-3-21-23(17-4-9-22-20(16-17)29-26(34)31(22)2)30-24(25-27-10-11-33(21)25)28-18-5-7-19(8-6-18)32-12-14-35-15-13-32/h4-11,16H,3,12-15H2,1-2H3,(H,28,30)(H,29,34). The molecule has 9 heteroatoms. The van der Waals surface area contributed by atoms with E-state index < -0.39 is 0 Å². The number of anilines is 3. The lowest BCUT2D eigenvalue weighted by atomic mass is 10.1. The first-order valence-corrected chi connectivity index (χ1v) is 11.9. The molecular formula is C26H27N7O2. The molecule has 6 rings (SSSR count). The van der Waals surface area contributed by atoms with Crippen molar-refractivity contribution in [2.75, 3.05) is 36.5 Å². The maximum absolute atomic E-state index is 12.1. The van der Waals surface area contributed by atoms with E-state index in [1.807, 2.05) is 24.4 Å². The van der Waals surface area contributed by atoms with Crippen LogP contribution in [0.4, 0.5) is 17.2 Å². The lowest BCUT2D eigenvalue weighted by molar-refractivity contribution is 0.122. The Morgan fingerprint density at radius 3 is 2.69 bits per heavy atom. The number of hydrogen-bond donors (Lipinski definition) is 2. The second-order valence-electron chi connectivity index (χ2n) is 8.72. The lowest BCUT2D eigenvalue weighted by Gasteiger charge is -2.28. The Labute approximate surface area is 202 Å². The van der Waals surface area contributed by atoms with Crippen LogP contribution in [0.15, 0.2) is 59.7 Å². The first-order chi connectivity index (χ1) is 17.1. The van der Waals surface area contributed by atoms with Gasteiger partial charge in [-0.15, -0.1) is 0 Å². The van der Waals surface area contributed by atoms with Gasteiger partial charge in [0.05, 0.1) is 35.6 Å². The highest BCUT2D eigenvalue weighted by Crippen LogP contribution is 2.30. The Morgan fingerprint density at radius 2 is 1.91 bits per heavy atom. The fraction of sp³-hybridized carbons (Fsp3) is 0.269. The molecule has 2 aromatic carbocycles. The summed E-state index contributed by atoms with van der Waals surface area (Å²) in [5.41, 5.74) is 7.28. The Morgan fingerprint density at radius 1 is 1.11 bits per heavy atom. The number of morpholine rings is 1. The maximum atomic E-state index is 12.1. The highest BCUT2D eigenvalue weighted by Gasteiger charge is 2.17. The molecule has 0 aliphatic carbocycles. The second kappa shape index (κ2) is 8.59. The minimum absolute atomic E-state index is 0.131. The smallest absolute Gasteiger partial charge is 0.326 e. The summed E-state index contributed by atoms with van der Waals surface area (Å²) < 4.78 is 9.16. The van der Waals surface area contributed by atoms with Crippen LogP contribution in [0.2, 0.25) is 0 Å². The number of imidazole rings is 2. The SMILES string of the molecule is CCc1c(-c2ccc3c(c2)[nH]c(=O)n3C)nc(Nc2ccc(N3CCOCC3)cc2)c2nccn12. The molecule has 0 spiro atoms. The quantitative estimate of drug-likeness (QED) is 0.408. The summed E-state index contributed by atoms with van der Waals surface area (Å²) in [7, 11) is 1.76. The van der Waals surface area contributed by atoms with E-state index in [4.69, 9.17) is 9.72 Å². The van der Waals surface area contributed by atoms with Crippen LogP contribution in [-0.2, 0) is 18.2 Å². The number of nitrogens with zero attached hydrogens (tertiary/aromatic N) is 5. The van der Waals surface area contributed by atoms with E-state index in [0.29, 0.717) is 5.82 Å². The van der Waals surface area contributed by atoms with Crippen LogP contribution >= 0.6 is 0 Å². The molecule has 178 valence electrons. The average molecular weight is 470 g/mol. The fourth-order valence-electron chi connectivity index (χ4n) is 4.79. The van der Waals surface area contributed by atoms with E-state index in [-0.39, 0.29) is 5.69 Å². The van der Waals surface area contributed by atoms with E-state index in [1.54, 1.807) is 17.8 Å². The average Bonchev–Trinajstić information content (AvgIpc) is 3.49. The van der Waals surface area contributed by atoms with E-state index in [9.17, 15) is 4.79 Å². The molecule has 1 aliphatic heterocycles. The van der Waals surface area contributed by atoms with Gasteiger partial charge in [-0.25, -0.2) is 14.8 Å². The van der Waals surface area contributed by atoms with E-state index >= 15 is 0 Å². The summed E-state index contributed by atoms with van der Waals surface area (Å²) in [5, 5.41) is 3.48. The van der Waals surface area contributed by atoms with Crippen molar-refractivity contribution in [2.24, 2.45) is 7.05 Å². The molecule has 9 nitrogen and oxygen atoms in total. The predicted octanol–water partition coefficient (Wildman–Crippen LogP) is 3.72. The number of benzene rings is 2. The molecule has 1 saturated heterocycles. The molecule has 0 amide bonds. The van der Waals surface area contributed by atoms with Crippen molar-refractivity contribution in [1.82, 2.24) is 23.9 Å². The van der Waals surface area contributed by atoms with Gasteiger partial charge in [0.15, 0.2) is 11.5 Å². The van der Waals surface area contributed by atoms with Crippen LogP contribution in [0.1, 0.15) is 12.6 Å². The van der Waals surface area contributed by atoms with Crippen LogP contribution in [0.5, 0.6) is 0 Å². The number of fused-ring (bicyclic) bond motifs is 2. The topological polar surface area (TPSA) is 92.5 Å². The summed E-state index contributed by atoms with van der Waals surface area (Å²) in [6.45, 7) is 5.44. The number of rotatable bonds is 5. The molecule has 0 bridgehead atoms. The fourth-order valence-corrected chi connectivity index (χ4v) is 4.79. The van der Waals surface area contributed by atoms with E-state index in [2.05, 4.69) is 55.8 Å². The summed E-state index contributed by atoms with van der Waals surface area (Å²) in [4.78, 5) is 27.0. The van der Waals surface area contributed by atoms with Crippen LogP contribution in [0.3, 0.4) is 0 Å². The zero-order valence-electron chi connectivity index (χ0n) is 19.8. The first kappa shape index (κ1) is 21.4. The number of H-pyrrole nitrogens is 1. The van der Waals surface area contributed by atoms with Gasteiger partial charge in [0, 0.05) is 49.5 Å². The number of hydrogen-bond acceptors (Lipinski definition) is 6.